The number of ether oxygens (including phenoxy) is 1. The number of nitrogens with one attached hydrogen (secondary N) is 1. The Labute approximate surface area is 122 Å². The molecule has 0 saturated carbocycles. The minimum Gasteiger partial charge on any atom is -0.495 e. The molecule has 1 aromatic carbocycles. The van der Waals surface area contributed by atoms with E-state index in [1.54, 1.807) is 11.6 Å². The number of rotatable bonds is 4. The Morgan fingerprint density at radius 1 is 1.29 bits per heavy atom. The molecule has 0 atom stereocenters. The van der Waals surface area contributed by atoms with E-state index in [1.807, 2.05) is 31.2 Å². The molecule has 108 valence electrons. The van der Waals surface area contributed by atoms with E-state index >= 15 is 0 Å². The second kappa shape index (κ2) is 5.40. The van der Waals surface area contributed by atoms with E-state index in [1.165, 1.54) is 6.33 Å². The third-order valence-corrected chi connectivity index (χ3v) is 3.45. The van der Waals surface area contributed by atoms with Gasteiger partial charge < -0.3 is 10.1 Å². The average Bonchev–Trinajstić information content (AvgIpc) is 2.96. The van der Waals surface area contributed by atoms with Crippen LogP contribution in [0.15, 0.2) is 30.6 Å². The molecule has 1 N–H and O–H groups in total. The lowest BCUT2D eigenvalue weighted by molar-refractivity contribution is 0.417. The van der Waals surface area contributed by atoms with Gasteiger partial charge in [0.15, 0.2) is 0 Å². The summed E-state index contributed by atoms with van der Waals surface area (Å²) in [6.45, 7) is 4.08. The number of nitrogens with zero attached hydrogens (tertiary/aromatic N) is 4. The van der Waals surface area contributed by atoms with E-state index in [0.29, 0.717) is 5.78 Å². The van der Waals surface area contributed by atoms with Crippen LogP contribution in [-0.4, -0.2) is 26.7 Å². The van der Waals surface area contributed by atoms with Gasteiger partial charge in [-0.25, -0.2) is 4.98 Å². The van der Waals surface area contributed by atoms with Crippen molar-refractivity contribution in [3.63, 3.8) is 0 Å². The third-order valence-electron chi connectivity index (χ3n) is 3.45. The number of aromatic nitrogens is 4. The molecule has 2 aromatic heterocycles. The highest BCUT2D eigenvalue weighted by Crippen LogP contribution is 2.29. The molecule has 0 fully saturated rings. The highest BCUT2D eigenvalue weighted by Gasteiger charge is 2.14. The molecule has 21 heavy (non-hydrogen) atoms. The maximum Gasteiger partial charge on any atom is 0.254 e. The van der Waals surface area contributed by atoms with Gasteiger partial charge in [0.1, 0.15) is 17.9 Å². The SMILES string of the molecule is CCc1c(C)nc2ncnn2c1Nc1ccccc1OC. The molecule has 0 aliphatic rings. The molecule has 0 bridgehead atoms. The topological polar surface area (TPSA) is 64.3 Å². The summed E-state index contributed by atoms with van der Waals surface area (Å²) in [7, 11) is 1.66. The Bertz CT molecular complexity index is 781. The van der Waals surface area contributed by atoms with Crippen molar-refractivity contribution in [3.8, 4) is 5.75 Å². The fraction of sp³-hybridized carbons (Fsp3) is 0.267. The summed E-state index contributed by atoms with van der Waals surface area (Å²) in [5, 5.41) is 7.67. The normalized spacial score (nSPS) is 10.8. The number of aryl methyl sites for hydroxylation is 1. The van der Waals surface area contributed by atoms with E-state index < -0.39 is 0 Å². The second-order valence-electron chi connectivity index (χ2n) is 4.68. The van der Waals surface area contributed by atoms with Crippen LogP contribution >= 0.6 is 0 Å². The summed E-state index contributed by atoms with van der Waals surface area (Å²) in [4.78, 5) is 8.64. The van der Waals surface area contributed by atoms with Crippen molar-refractivity contribution < 1.29 is 4.74 Å². The van der Waals surface area contributed by atoms with Crippen LogP contribution in [-0.2, 0) is 6.42 Å². The van der Waals surface area contributed by atoms with Crippen LogP contribution in [0.1, 0.15) is 18.2 Å². The molecule has 0 aliphatic heterocycles. The Morgan fingerprint density at radius 2 is 2.10 bits per heavy atom. The van der Waals surface area contributed by atoms with Gasteiger partial charge in [-0.3, -0.25) is 0 Å². The lowest BCUT2D eigenvalue weighted by Crippen LogP contribution is -2.08. The third kappa shape index (κ3) is 2.29. The molecular weight excluding hydrogens is 266 g/mol. The molecule has 6 nitrogen and oxygen atoms in total. The fourth-order valence-electron chi connectivity index (χ4n) is 2.41. The quantitative estimate of drug-likeness (QED) is 0.797. The molecule has 0 amide bonds. The smallest absolute Gasteiger partial charge is 0.254 e. The monoisotopic (exact) mass is 283 g/mol. The predicted octanol–water partition coefficient (Wildman–Crippen LogP) is 2.75. The van der Waals surface area contributed by atoms with Gasteiger partial charge in [0, 0.05) is 11.3 Å². The zero-order valence-corrected chi connectivity index (χ0v) is 12.3. The number of benzene rings is 1. The zero-order chi connectivity index (χ0) is 14.8. The van der Waals surface area contributed by atoms with Gasteiger partial charge >= 0.3 is 0 Å². The number of anilines is 2. The summed E-state index contributed by atoms with van der Waals surface area (Å²) in [5.41, 5.74) is 2.95. The van der Waals surface area contributed by atoms with Gasteiger partial charge in [0.05, 0.1) is 12.8 Å². The molecule has 0 aliphatic carbocycles. The standard InChI is InChI=1S/C15H17N5O/c1-4-11-10(2)18-15-16-9-17-20(15)14(11)19-12-7-5-6-8-13(12)21-3/h5-9,19H,4H2,1-3H3. The fourth-order valence-corrected chi connectivity index (χ4v) is 2.41. The van der Waals surface area contributed by atoms with Crippen molar-refractivity contribution in [2.24, 2.45) is 0 Å². The molecular formula is C15H17N5O. The average molecular weight is 283 g/mol. The van der Waals surface area contributed by atoms with Crippen molar-refractivity contribution in [3.05, 3.63) is 41.9 Å². The Hall–Kier alpha value is -2.63. The first-order valence-corrected chi connectivity index (χ1v) is 6.83. The highest BCUT2D eigenvalue weighted by molar-refractivity contribution is 5.67. The molecule has 0 spiro atoms. The molecule has 3 rings (SSSR count). The first-order chi connectivity index (χ1) is 10.2. The van der Waals surface area contributed by atoms with Gasteiger partial charge in [-0.15, -0.1) is 0 Å². The summed E-state index contributed by atoms with van der Waals surface area (Å²) in [6, 6.07) is 7.79. The van der Waals surface area contributed by atoms with Gasteiger partial charge in [-0.05, 0) is 25.5 Å². The first kappa shape index (κ1) is 13.4. The predicted molar refractivity (Wildman–Crippen MR) is 81.2 cm³/mol. The Morgan fingerprint density at radius 3 is 2.86 bits per heavy atom. The van der Waals surface area contributed by atoms with Gasteiger partial charge in [0.2, 0.25) is 0 Å². The zero-order valence-electron chi connectivity index (χ0n) is 12.3. The number of para-hydroxylation sites is 2. The van der Waals surface area contributed by atoms with Crippen molar-refractivity contribution in [1.82, 2.24) is 19.6 Å². The van der Waals surface area contributed by atoms with E-state index in [4.69, 9.17) is 4.74 Å². The van der Waals surface area contributed by atoms with Crippen LogP contribution in [0.3, 0.4) is 0 Å². The first-order valence-electron chi connectivity index (χ1n) is 6.83. The molecule has 2 heterocycles. The van der Waals surface area contributed by atoms with Crippen LogP contribution in [0.2, 0.25) is 0 Å². The van der Waals surface area contributed by atoms with Gasteiger partial charge in [-0.1, -0.05) is 19.1 Å². The molecule has 6 heteroatoms. The second-order valence-corrected chi connectivity index (χ2v) is 4.68. The van der Waals surface area contributed by atoms with E-state index in [0.717, 1.165) is 34.9 Å². The number of methoxy groups -OCH3 is 1. The van der Waals surface area contributed by atoms with Gasteiger partial charge in [-0.2, -0.15) is 14.6 Å². The van der Waals surface area contributed by atoms with Crippen LogP contribution in [0, 0.1) is 6.92 Å². The van der Waals surface area contributed by atoms with Crippen molar-refractivity contribution in [1.29, 1.82) is 0 Å². The maximum absolute atomic E-state index is 5.39. The largest absolute Gasteiger partial charge is 0.495 e. The molecule has 0 radical (unpaired) electrons. The lowest BCUT2D eigenvalue weighted by Gasteiger charge is -2.15. The summed E-state index contributed by atoms with van der Waals surface area (Å²) < 4.78 is 7.11. The Balaban J connectivity index is 2.17. The van der Waals surface area contributed by atoms with Crippen LogP contribution < -0.4 is 10.1 Å². The highest BCUT2D eigenvalue weighted by atomic mass is 16.5. The van der Waals surface area contributed by atoms with E-state index in [9.17, 15) is 0 Å². The molecule has 0 unspecified atom stereocenters. The Kier molecular flexibility index (Phi) is 3.43. The molecule has 0 saturated heterocycles. The maximum atomic E-state index is 5.39. The summed E-state index contributed by atoms with van der Waals surface area (Å²) >= 11 is 0. The van der Waals surface area contributed by atoms with Crippen LogP contribution in [0.25, 0.3) is 5.78 Å². The van der Waals surface area contributed by atoms with Gasteiger partial charge in [0.25, 0.3) is 5.78 Å². The summed E-state index contributed by atoms with van der Waals surface area (Å²) in [5.74, 6) is 2.24. The molecule has 3 aromatic rings. The van der Waals surface area contributed by atoms with Crippen molar-refractivity contribution in [2.45, 2.75) is 20.3 Å². The van der Waals surface area contributed by atoms with Crippen molar-refractivity contribution >= 4 is 17.3 Å². The number of hydrogen-bond donors (Lipinski definition) is 1. The number of fused-ring (bicyclic) bond motifs is 1. The van der Waals surface area contributed by atoms with E-state index in [-0.39, 0.29) is 0 Å². The van der Waals surface area contributed by atoms with Crippen LogP contribution in [0.5, 0.6) is 5.75 Å². The van der Waals surface area contributed by atoms with Crippen LogP contribution in [0.4, 0.5) is 11.5 Å². The minimum absolute atomic E-state index is 0.585. The minimum atomic E-state index is 0.585. The number of hydrogen-bond acceptors (Lipinski definition) is 5. The van der Waals surface area contributed by atoms with Crippen molar-refractivity contribution in [2.75, 3.05) is 12.4 Å². The lowest BCUT2D eigenvalue weighted by atomic mass is 10.1. The van der Waals surface area contributed by atoms with E-state index in [2.05, 4.69) is 27.3 Å². The summed E-state index contributed by atoms with van der Waals surface area (Å²) in [6.07, 6.45) is 2.36.